The average Bonchev–Trinajstić information content (AvgIpc) is 3.42. The number of nitriles is 1. The molecular weight excluding hydrogens is 621 g/mol. The molecule has 0 spiro atoms. The van der Waals surface area contributed by atoms with Crippen molar-refractivity contribution in [3.63, 3.8) is 0 Å². The van der Waals surface area contributed by atoms with E-state index in [-0.39, 0.29) is 30.8 Å². The SMILES string of the molecule is C[C@@H]1OC(=O)N[C@@H]1C(=O)N1CC[C@H](Oc2ccc(-c3ncnc(Nc4ccc(N5CCN(C6COC6)CC5)cc4)n3)cc2C#N)[C@H](F)C1. The zero-order valence-electron chi connectivity index (χ0n) is 26.4. The van der Waals surface area contributed by atoms with Gasteiger partial charge in [0.05, 0.1) is 31.4 Å². The molecule has 0 unspecified atom stereocenters. The zero-order valence-corrected chi connectivity index (χ0v) is 26.4. The van der Waals surface area contributed by atoms with Gasteiger partial charge in [-0.1, -0.05) is 0 Å². The smallest absolute Gasteiger partial charge is 0.408 e. The number of hydrogen-bond donors (Lipinski definition) is 2. The molecule has 2 aromatic carbocycles. The van der Waals surface area contributed by atoms with Crippen molar-refractivity contribution in [2.24, 2.45) is 0 Å². The van der Waals surface area contributed by atoms with Crippen LogP contribution in [-0.2, 0) is 14.3 Å². The van der Waals surface area contributed by atoms with Crippen LogP contribution < -0.4 is 20.3 Å². The Labute approximate surface area is 276 Å². The number of carbonyl (C=O) groups is 2. The van der Waals surface area contributed by atoms with Gasteiger partial charge in [0.2, 0.25) is 11.9 Å². The first-order valence-corrected chi connectivity index (χ1v) is 16.1. The predicted octanol–water partition coefficient (Wildman–Crippen LogP) is 2.49. The monoisotopic (exact) mass is 657 g/mol. The number of aromatic nitrogens is 3. The molecule has 15 heteroatoms. The molecule has 0 aliphatic carbocycles. The fraction of sp³-hybridized carbons (Fsp3) is 0.455. The summed E-state index contributed by atoms with van der Waals surface area (Å²) < 4.78 is 31.5. The van der Waals surface area contributed by atoms with Gasteiger partial charge in [-0.25, -0.2) is 19.2 Å². The second-order valence-corrected chi connectivity index (χ2v) is 12.3. The van der Waals surface area contributed by atoms with Gasteiger partial charge in [-0.3, -0.25) is 9.69 Å². The van der Waals surface area contributed by atoms with Crippen LogP contribution in [0, 0.1) is 11.3 Å². The van der Waals surface area contributed by atoms with Crippen LogP contribution in [0.3, 0.4) is 0 Å². The van der Waals surface area contributed by atoms with E-state index in [1.165, 1.54) is 11.2 Å². The van der Waals surface area contributed by atoms with Crippen LogP contribution in [0.4, 0.5) is 26.5 Å². The first-order valence-electron chi connectivity index (χ1n) is 16.1. The second-order valence-electron chi connectivity index (χ2n) is 12.3. The Morgan fingerprint density at radius 2 is 1.90 bits per heavy atom. The molecule has 48 heavy (non-hydrogen) atoms. The number of alkyl halides is 1. The summed E-state index contributed by atoms with van der Waals surface area (Å²) >= 11 is 0. The number of halogens is 1. The van der Waals surface area contributed by atoms with Gasteiger partial charge >= 0.3 is 6.09 Å². The third-order valence-corrected chi connectivity index (χ3v) is 9.24. The quantitative estimate of drug-likeness (QED) is 0.365. The Hall–Kier alpha value is -5.07. The predicted molar refractivity (Wildman–Crippen MR) is 171 cm³/mol. The summed E-state index contributed by atoms with van der Waals surface area (Å²) in [6.45, 7) is 7.33. The fourth-order valence-electron chi connectivity index (χ4n) is 6.37. The number of likely N-dealkylation sites (tertiary alicyclic amines) is 1. The fourth-order valence-corrected chi connectivity index (χ4v) is 6.37. The van der Waals surface area contributed by atoms with E-state index in [0.29, 0.717) is 23.4 Å². The molecule has 4 saturated heterocycles. The minimum atomic E-state index is -1.49. The molecule has 250 valence electrons. The number of nitrogens with one attached hydrogen (secondary N) is 2. The van der Waals surface area contributed by atoms with Crippen molar-refractivity contribution in [1.29, 1.82) is 5.26 Å². The molecule has 4 fully saturated rings. The van der Waals surface area contributed by atoms with Gasteiger partial charge in [0.25, 0.3) is 0 Å². The summed E-state index contributed by atoms with van der Waals surface area (Å²) in [5, 5.41) is 15.6. The van der Waals surface area contributed by atoms with Crippen LogP contribution >= 0.6 is 0 Å². The van der Waals surface area contributed by atoms with Crippen molar-refractivity contribution >= 4 is 29.3 Å². The maximum absolute atomic E-state index is 15.2. The number of rotatable bonds is 8. The normalized spacial score (nSPS) is 24.6. The standard InChI is InChI=1S/C33H36FN9O5/c1-20-29(39-33(45)47-20)31(44)43-9-8-28(26(34)16-43)48-27-7-2-21(14-22(27)15-35)30-36-19-37-32(40-30)38-23-3-5-24(6-4-23)41-10-12-42(13-11-41)25-17-46-18-25/h2-7,14,19-20,25-26,28-29H,8-13,16-18H2,1H3,(H,39,45)(H,36,37,38,40)/t20-,26+,28-,29-/m0/s1. The van der Waals surface area contributed by atoms with Gasteiger partial charge in [-0.2, -0.15) is 10.2 Å². The molecule has 2 amide bonds. The number of ether oxygens (including phenoxy) is 3. The van der Waals surface area contributed by atoms with E-state index >= 15 is 4.39 Å². The number of piperidine rings is 1. The van der Waals surface area contributed by atoms with Crippen LogP contribution in [0.5, 0.6) is 5.75 Å². The molecule has 4 aliphatic heterocycles. The molecule has 7 rings (SSSR count). The summed E-state index contributed by atoms with van der Waals surface area (Å²) in [6, 6.07) is 14.9. The number of carbonyl (C=O) groups excluding carboxylic acids is 2. The van der Waals surface area contributed by atoms with E-state index in [9.17, 15) is 14.9 Å². The lowest BCUT2D eigenvalue weighted by Gasteiger charge is -2.43. The highest BCUT2D eigenvalue weighted by molar-refractivity contribution is 5.88. The van der Waals surface area contributed by atoms with Crippen molar-refractivity contribution in [3.8, 4) is 23.2 Å². The second kappa shape index (κ2) is 13.6. The first kappa shape index (κ1) is 31.5. The van der Waals surface area contributed by atoms with Crippen molar-refractivity contribution in [1.82, 2.24) is 30.1 Å². The van der Waals surface area contributed by atoms with E-state index in [0.717, 1.165) is 50.8 Å². The highest BCUT2D eigenvalue weighted by Crippen LogP contribution is 2.29. The summed E-state index contributed by atoms with van der Waals surface area (Å²) in [5.74, 6) is 0.533. The molecule has 0 saturated carbocycles. The van der Waals surface area contributed by atoms with Gasteiger partial charge < -0.3 is 34.6 Å². The lowest BCUT2D eigenvalue weighted by molar-refractivity contribution is -0.138. The third-order valence-electron chi connectivity index (χ3n) is 9.24. The summed E-state index contributed by atoms with van der Waals surface area (Å²) in [4.78, 5) is 43.7. The Kier molecular flexibility index (Phi) is 8.92. The number of anilines is 3. The summed E-state index contributed by atoms with van der Waals surface area (Å²) in [5.41, 5.74) is 2.76. The van der Waals surface area contributed by atoms with Crippen LogP contribution in [0.1, 0.15) is 18.9 Å². The maximum atomic E-state index is 15.2. The molecule has 14 nitrogen and oxygen atoms in total. The largest absolute Gasteiger partial charge is 0.486 e. The van der Waals surface area contributed by atoms with Crippen molar-refractivity contribution < 1.29 is 28.2 Å². The molecule has 5 heterocycles. The third kappa shape index (κ3) is 6.67. The van der Waals surface area contributed by atoms with E-state index in [1.807, 2.05) is 12.1 Å². The van der Waals surface area contributed by atoms with E-state index in [4.69, 9.17) is 14.2 Å². The highest BCUT2D eigenvalue weighted by Gasteiger charge is 2.42. The van der Waals surface area contributed by atoms with E-state index in [2.05, 4.69) is 53.6 Å². The van der Waals surface area contributed by atoms with Crippen molar-refractivity contribution in [2.75, 3.05) is 62.7 Å². The molecular formula is C33H36FN9O5. The van der Waals surface area contributed by atoms with E-state index < -0.39 is 36.4 Å². The first-order chi connectivity index (χ1) is 23.3. The molecule has 3 aromatic rings. The van der Waals surface area contributed by atoms with Gasteiger partial charge in [0.15, 0.2) is 12.0 Å². The van der Waals surface area contributed by atoms with Gasteiger partial charge in [0.1, 0.15) is 36.4 Å². The number of benzene rings is 2. The van der Waals surface area contributed by atoms with Crippen LogP contribution in [0.2, 0.25) is 0 Å². The molecule has 1 aromatic heterocycles. The van der Waals surface area contributed by atoms with Crippen molar-refractivity contribution in [3.05, 3.63) is 54.4 Å². The number of alkyl carbamates (subject to hydrolysis) is 1. The van der Waals surface area contributed by atoms with Crippen LogP contribution in [0.15, 0.2) is 48.8 Å². The minimum absolute atomic E-state index is 0.195. The van der Waals surface area contributed by atoms with Crippen LogP contribution in [-0.4, -0.2) is 120 Å². The zero-order chi connectivity index (χ0) is 33.2. The topological polar surface area (TPSA) is 158 Å². The average molecular weight is 658 g/mol. The molecule has 2 N–H and O–H groups in total. The Morgan fingerprint density at radius 1 is 1.10 bits per heavy atom. The maximum Gasteiger partial charge on any atom is 0.408 e. The Morgan fingerprint density at radius 3 is 2.56 bits per heavy atom. The Bertz CT molecular complexity index is 1690. The van der Waals surface area contributed by atoms with Gasteiger partial charge in [0, 0.05) is 56.1 Å². The number of nitrogens with zero attached hydrogens (tertiary/aromatic N) is 7. The minimum Gasteiger partial charge on any atom is -0.486 e. The van der Waals surface area contributed by atoms with Gasteiger partial charge in [-0.15, -0.1) is 0 Å². The molecule has 0 radical (unpaired) electrons. The molecule has 4 aliphatic rings. The number of piperazine rings is 1. The lowest BCUT2D eigenvalue weighted by atomic mass is 10.0. The lowest BCUT2D eigenvalue weighted by Crippen LogP contribution is -2.56. The number of amides is 2. The van der Waals surface area contributed by atoms with E-state index in [1.54, 1.807) is 25.1 Å². The molecule has 0 bridgehead atoms. The summed E-state index contributed by atoms with van der Waals surface area (Å²) in [7, 11) is 0. The number of hydrogen-bond acceptors (Lipinski definition) is 12. The molecule has 4 atom stereocenters. The number of cyclic esters (lactones) is 1. The summed E-state index contributed by atoms with van der Waals surface area (Å²) in [6.07, 6.45) is -2.04. The van der Waals surface area contributed by atoms with Crippen LogP contribution in [0.25, 0.3) is 11.4 Å². The van der Waals surface area contributed by atoms with Gasteiger partial charge in [-0.05, 0) is 49.4 Å². The Balaban J connectivity index is 0.956. The van der Waals surface area contributed by atoms with Crippen molar-refractivity contribution in [2.45, 2.75) is 43.8 Å². The highest BCUT2D eigenvalue weighted by atomic mass is 19.1.